The highest BCUT2D eigenvalue weighted by Gasteiger charge is 2.58. The molecule has 4 atom stereocenters. The summed E-state index contributed by atoms with van der Waals surface area (Å²) in [6.07, 6.45) is 0.812. The molecule has 0 aliphatic carbocycles. The van der Waals surface area contributed by atoms with E-state index in [1.165, 1.54) is 0 Å². The molecule has 1 saturated heterocycles. The standard InChI is InChI=1S/C33H30Cl6N2O4/c1-4-33(44-18-22-7-10-26(36)13-29(22)39)31(23(14-40)15-41(2)3)45-30(19-42-16-20-5-8-24(34)11-27(20)37)32(33)43-17-21-6-9-25(35)12-28(21)38/h4-13,15,30-32H,1,16-19H2,2-3H3/t30-,31?,32-,33+/m1/s1. The predicted molar refractivity (Wildman–Crippen MR) is 181 cm³/mol. The minimum Gasteiger partial charge on any atom is -0.383 e. The predicted octanol–water partition coefficient (Wildman–Crippen LogP) is 9.59. The van der Waals surface area contributed by atoms with Gasteiger partial charge >= 0.3 is 0 Å². The summed E-state index contributed by atoms with van der Waals surface area (Å²) < 4.78 is 25.9. The summed E-state index contributed by atoms with van der Waals surface area (Å²) in [6.45, 7) is 4.49. The second-order valence-corrected chi connectivity index (χ2v) is 13.0. The maximum Gasteiger partial charge on any atom is 0.146 e. The molecular weight excluding hydrogens is 701 g/mol. The molecule has 1 aliphatic rings. The number of hydrogen-bond donors (Lipinski definition) is 0. The molecule has 1 heterocycles. The van der Waals surface area contributed by atoms with E-state index in [1.807, 2.05) is 14.1 Å². The van der Waals surface area contributed by atoms with Crippen LogP contribution >= 0.6 is 69.6 Å². The molecule has 1 unspecified atom stereocenters. The molecule has 0 amide bonds. The quantitative estimate of drug-likeness (QED) is 0.129. The van der Waals surface area contributed by atoms with Gasteiger partial charge in [-0.3, -0.25) is 0 Å². The molecule has 238 valence electrons. The smallest absolute Gasteiger partial charge is 0.146 e. The van der Waals surface area contributed by atoms with Crippen LogP contribution in [0.25, 0.3) is 0 Å². The molecule has 45 heavy (non-hydrogen) atoms. The van der Waals surface area contributed by atoms with Gasteiger partial charge in [0.1, 0.15) is 23.9 Å². The third kappa shape index (κ3) is 8.88. The van der Waals surface area contributed by atoms with Crippen LogP contribution < -0.4 is 0 Å². The molecule has 3 aromatic rings. The summed E-state index contributed by atoms with van der Waals surface area (Å²) in [4.78, 5) is 1.75. The fourth-order valence-electron chi connectivity index (χ4n) is 4.93. The Labute approximate surface area is 293 Å². The van der Waals surface area contributed by atoms with Crippen LogP contribution in [0.5, 0.6) is 0 Å². The zero-order valence-electron chi connectivity index (χ0n) is 24.4. The van der Waals surface area contributed by atoms with Gasteiger partial charge in [-0.1, -0.05) is 93.9 Å². The average Bonchev–Trinajstić information content (AvgIpc) is 3.29. The summed E-state index contributed by atoms with van der Waals surface area (Å²) in [5.74, 6) is 0. The van der Waals surface area contributed by atoms with Crippen molar-refractivity contribution in [3.05, 3.63) is 126 Å². The average molecular weight is 731 g/mol. The highest BCUT2D eigenvalue weighted by atomic mass is 35.5. The van der Waals surface area contributed by atoms with Crippen molar-refractivity contribution in [2.45, 2.75) is 43.7 Å². The van der Waals surface area contributed by atoms with Crippen LogP contribution in [0, 0.1) is 11.3 Å². The van der Waals surface area contributed by atoms with Gasteiger partial charge < -0.3 is 23.8 Å². The van der Waals surface area contributed by atoms with Crippen molar-refractivity contribution >= 4 is 69.6 Å². The largest absolute Gasteiger partial charge is 0.383 e. The van der Waals surface area contributed by atoms with Gasteiger partial charge in [0.25, 0.3) is 0 Å². The van der Waals surface area contributed by atoms with Crippen LogP contribution in [-0.4, -0.2) is 49.5 Å². The third-order valence-electron chi connectivity index (χ3n) is 7.11. The van der Waals surface area contributed by atoms with Crippen LogP contribution in [0.3, 0.4) is 0 Å². The van der Waals surface area contributed by atoms with E-state index < -0.39 is 23.9 Å². The topological polar surface area (TPSA) is 64.0 Å². The number of nitrogens with zero attached hydrogens (tertiary/aromatic N) is 2. The van der Waals surface area contributed by atoms with Gasteiger partial charge in [-0.2, -0.15) is 5.26 Å². The Kier molecular flexibility index (Phi) is 12.9. The lowest BCUT2D eigenvalue weighted by atomic mass is 9.86. The normalized spacial score (nSPS) is 21.5. The Balaban J connectivity index is 1.72. The number of rotatable bonds is 13. The first-order valence-electron chi connectivity index (χ1n) is 13.7. The summed E-state index contributed by atoms with van der Waals surface area (Å²) in [5.41, 5.74) is 1.04. The van der Waals surface area contributed by atoms with Crippen molar-refractivity contribution in [2.75, 3.05) is 20.7 Å². The van der Waals surface area contributed by atoms with E-state index >= 15 is 0 Å². The molecule has 0 radical (unpaired) electrons. The van der Waals surface area contributed by atoms with Crippen LogP contribution in [0.2, 0.25) is 30.1 Å². The van der Waals surface area contributed by atoms with Crippen molar-refractivity contribution in [1.82, 2.24) is 4.90 Å². The molecule has 0 bridgehead atoms. The maximum atomic E-state index is 10.3. The second kappa shape index (κ2) is 16.2. The Morgan fingerprint density at radius 1 is 0.867 bits per heavy atom. The van der Waals surface area contributed by atoms with Crippen LogP contribution in [0.15, 0.2) is 79.0 Å². The first kappa shape index (κ1) is 35.9. The van der Waals surface area contributed by atoms with Gasteiger partial charge in [-0.15, -0.1) is 6.58 Å². The van der Waals surface area contributed by atoms with Crippen molar-refractivity contribution in [2.24, 2.45) is 0 Å². The number of benzene rings is 3. The fraction of sp³-hybridized carbons (Fsp3) is 0.303. The maximum absolute atomic E-state index is 10.3. The molecule has 0 saturated carbocycles. The molecule has 0 aromatic heterocycles. The molecule has 3 aromatic carbocycles. The summed E-state index contributed by atoms with van der Waals surface area (Å²) in [6, 6.07) is 17.7. The zero-order chi connectivity index (χ0) is 32.7. The molecule has 0 N–H and O–H groups in total. The van der Waals surface area contributed by atoms with E-state index in [0.29, 0.717) is 46.8 Å². The van der Waals surface area contributed by atoms with E-state index in [1.54, 1.807) is 71.8 Å². The van der Waals surface area contributed by atoms with Crippen molar-refractivity contribution in [3.63, 3.8) is 0 Å². The van der Waals surface area contributed by atoms with E-state index in [2.05, 4.69) is 12.6 Å². The molecule has 12 heteroatoms. The van der Waals surface area contributed by atoms with Crippen LogP contribution in [0.1, 0.15) is 16.7 Å². The molecule has 1 aliphatic heterocycles. The fourth-order valence-corrected chi connectivity index (χ4v) is 6.32. The number of nitriles is 1. The number of ether oxygens (including phenoxy) is 4. The first-order valence-corrected chi connectivity index (χ1v) is 16.0. The highest BCUT2D eigenvalue weighted by Crippen LogP contribution is 2.43. The number of halogens is 6. The minimum atomic E-state index is -1.37. The van der Waals surface area contributed by atoms with Gasteiger partial charge in [-0.05, 0) is 53.1 Å². The van der Waals surface area contributed by atoms with Gasteiger partial charge in [0.2, 0.25) is 0 Å². The van der Waals surface area contributed by atoms with Crippen molar-refractivity contribution < 1.29 is 18.9 Å². The zero-order valence-corrected chi connectivity index (χ0v) is 28.9. The van der Waals surface area contributed by atoms with E-state index in [-0.39, 0.29) is 26.4 Å². The number of hydrogen-bond acceptors (Lipinski definition) is 6. The molecule has 1 fully saturated rings. The highest BCUT2D eigenvalue weighted by molar-refractivity contribution is 6.36. The summed E-state index contributed by atoms with van der Waals surface area (Å²) >= 11 is 37.7. The van der Waals surface area contributed by atoms with E-state index in [0.717, 1.165) is 5.56 Å². The van der Waals surface area contributed by atoms with Gasteiger partial charge in [0.05, 0.1) is 38.1 Å². The lowest BCUT2D eigenvalue weighted by Crippen LogP contribution is -2.51. The Morgan fingerprint density at radius 2 is 1.38 bits per heavy atom. The Morgan fingerprint density at radius 3 is 1.84 bits per heavy atom. The molecule has 0 spiro atoms. The van der Waals surface area contributed by atoms with Gasteiger partial charge in [0, 0.05) is 50.4 Å². The second-order valence-electron chi connectivity index (χ2n) is 10.5. The third-order valence-corrected chi connectivity index (χ3v) is 8.87. The summed E-state index contributed by atoms with van der Waals surface area (Å²) in [7, 11) is 3.62. The Bertz CT molecular complexity index is 1590. The first-order chi connectivity index (χ1) is 21.5. The van der Waals surface area contributed by atoms with Gasteiger partial charge in [0.15, 0.2) is 0 Å². The van der Waals surface area contributed by atoms with Gasteiger partial charge in [-0.25, -0.2) is 0 Å². The summed E-state index contributed by atoms with van der Waals surface area (Å²) in [5, 5.41) is 13.1. The van der Waals surface area contributed by atoms with Crippen molar-refractivity contribution in [3.8, 4) is 6.07 Å². The van der Waals surface area contributed by atoms with E-state index in [4.69, 9.17) is 88.6 Å². The molecular formula is C33H30Cl6N2O4. The monoisotopic (exact) mass is 728 g/mol. The molecule has 6 nitrogen and oxygen atoms in total. The van der Waals surface area contributed by atoms with Crippen LogP contribution in [0.4, 0.5) is 0 Å². The lowest BCUT2D eigenvalue weighted by Gasteiger charge is -2.36. The van der Waals surface area contributed by atoms with Crippen LogP contribution in [-0.2, 0) is 38.8 Å². The molecule has 4 rings (SSSR count). The SMILES string of the molecule is C=C[C@]1(OCc2ccc(Cl)cc2Cl)C(C(C#N)=CN(C)C)O[C@H](COCc2ccc(Cl)cc2Cl)[C@H]1OCc1ccc(Cl)cc1Cl. The van der Waals surface area contributed by atoms with E-state index in [9.17, 15) is 5.26 Å². The van der Waals surface area contributed by atoms with Crippen molar-refractivity contribution in [1.29, 1.82) is 5.26 Å². The Hall–Kier alpha value is -1.99. The lowest BCUT2D eigenvalue weighted by molar-refractivity contribution is -0.125. The minimum absolute atomic E-state index is 0.0398.